The Morgan fingerprint density at radius 2 is 1.97 bits per heavy atom. The normalized spacial score (nSPS) is 14.9. The number of nitrogens with zero attached hydrogens (tertiary/aromatic N) is 3. The van der Waals surface area contributed by atoms with Crippen molar-refractivity contribution in [2.75, 3.05) is 26.2 Å². The molecule has 0 atom stereocenters. The van der Waals surface area contributed by atoms with Crippen LogP contribution in [0, 0.1) is 6.92 Å². The third kappa shape index (κ3) is 6.91. The molecule has 4 nitrogen and oxygen atoms in total. The van der Waals surface area contributed by atoms with E-state index in [4.69, 9.17) is 21.3 Å². The highest BCUT2D eigenvalue weighted by Crippen LogP contribution is 2.32. The highest BCUT2D eigenvalue weighted by atomic mass is 35.5. The lowest BCUT2D eigenvalue weighted by Crippen LogP contribution is -2.33. The molecule has 2 aromatic rings. The smallest absolute Gasteiger partial charge is 0.161 e. The zero-order valence-electron chi connectivity index (χ0n) is 20.2. The van der Waals surface area contributed by atoms with Crippen LogP contribution in [0.25, 0.3) is 17.0 Å². The summed E-state index contributed by atoms with van der Waals surface area (Å²) in [5.74, 6) is 1.42. The third-order valence-electron chi connectivity index (χ3n) is 5.73. The average Bonchev–Trinajstić information content (AvgIpc) is 2.82. The molecule has 1 fully saturated rings. The first-order valence-corrected chi connectivity index (χ1v) is 12.1. The van der Waals surface area contributed by atoms with Crippen molar-refractivity contribution >= 4 is 17.2 Å². The van der Waals surface area contributed by atoms with Crippen molar-refractivity contribution in [2.45, 2.75) is 47.0 Å². The molecule has 1 aliphatic heterocycles. The Morgan fingerprint density at radius 1 is 1.18 bits per heavy atom. The van der Waals surface area contributed by atoms with Gasteiger partial charge < -0.3 is 4.74 Å². The minimum Gasteiger partial charge on any atom is -0.492 e. The number of benzene rings is 1. The Morgan fingerprint density at radius 3 is 2.67 bits per heavy atom. The lowest BCUT2D eigenvalue weighted by atomic mass is 9.99. The largest absolute Gasteiger partial charge is 0.492 e. The fourth-order valence-corrected chi connectivity index (χ4v) is 4.31. The summed E-state index contributed by atoms with van der Waals surface area (Å²) in [5.41, 5.74) is 7.78. The first-order valence-electron chi connectivity index (χ1n) is 11.7. The number of allylic oxidation sites excluding steroid dienone is 5. The SMILES string of the molecule is CC=C=C(/C(C)=C/C=C\C)c1c(C)nc(-c2cccc(OCCN3CCCCC3)c2)nc1Cl. The molecule has 2 heterocycles. The molecule has 1 aliphatic rings. The summed E-state index contributed by atoms with van der Waals surface area (Å²) < 4.78 is 6.03. The summed E-state index contributed by atoms with van der Waals surface area (Å²) in [5, 5.41) is 0.423. The molecule has 174 valence electrons. The van der Waals surface area contributed by atoms with Gasteiger partial charge in [0.2, 0.25) is 0 Å². The highest BCUT2D eigenvalue weighted by Gasteiger charge is 2.17. The second-order valence-electron chi connectivity index (χ2n) is 8.26. The predicted octanol–water partition coefficient (Wildman–Crippen LogP) is 7.05. The number of halogens is 1. The van der Waals surface area contributed by atoms with Crippen LogP contribution in [0.3, 0.4) is 0 Å². The Hall–Kier alpha value is -2.65. The third-order valence-corrected chi connectivity index (χ3v) is 6.01. The summed E-state index contributed by atoms with van der Waals surface area (Å²) in [6.45, 7) is 11.9. The molecule has 33 heavy (non-hydrogen) atoms. The van der Waals surface area contributed by atoms with E-state index in [0.29, 0.717) is 17.6 Å². The number of hydrogen-bond acceptors (Lipinski definition) is 4. The monoisotopic (exact) mass is 463 g/mol. The van der Waals surface area contributed by atoms with Gasteiger partial charge in [0, 0.05) is 23.2 Å². The minimum absolute atomic E-state index is 0.423. The van der Waals surface area contributed by atoms with Crippen molar-refractivity contribution in [3.05, 3.63) is 76.3 Å². The fourth-order valence-electron chi connectivity index (χ4n) is 4.00. The van der Waals surface area contributed by atoms with Crippen molar-refractivity contribution in [1.82, 2.24) is 14.9 Å². The molecule has 0 spiro atoms. The number of aromatic nitrogens is 2. The molecular formula is C28H34ClN3O. The van der Waals surface area contributed by atoms with Gasteiger partial charge in [-0.2, -0.15) is 0 Å². The van der Waals surface area contributed by atoms with Gasteiger partial charge in [-0.25, -0.2) is 9.97 Å². The Balaban J connectivity index is 1.81. The first kappa shape index (κ1) is 25.0. The maximum Gasteiger partial charge on any atom is 0.161 e. The van der Waals surface area contributed by atoms with Gasteiger partial charge in [-0.15, -0.1) is 5.73 Å². The molecule has 0 radical (unpaired) electrons. The molecule has 0 N–H and O–H groups in total. The molecule has 5 heteroatoms. The van der Waals surface area contributed by atoms with Gasteiger partial charge in [0.05, 0.1) is 5.69 Å². The van der Waals surface area contributed by atoms with Gasteiger partial charge in [0.25, 0.3) is 0 Å². The van der Waals surface area contributed by atoms with Crippen molar-refractivity contribution in [2.24, 2.45) is 0 Å². The van der Waals surface area contributed by atoms with Gasteiger partial charge in [-0.05, 0) is 77.4 Å². The second-order valence-corrected chi connectivity index (χ2v) is 8.62. The molecule has 0 unspecified atom stereocenters. The topological polar surface area (TPSA) is 38.2 Å². The Labute approximate surface area is 203 Å². The molecule has 0 saturated carbocycles. The van der Waals surface area contributed by atoms with E-state index in [1.165, 1.54) is 32.4 Å². The highest BCUT2D eigenvalue weighted by molar-refractivity contribution is 6.31. The van der Waals surface area contributed by atoms with E-state index in [2.05, 4.69) is 15.6 Å². The molecule has 1 saturated heterocycles. The van der Waals surface area contributed by atoms with E-state index < -0.39 is 0 Å². The van der Waals surface area contributed by atoms with Crippen molar-refractivity contribution in [3.63, 3.8) is 0 Å². The van der Waals surface area contributed by atoms with E-state index in [0.717, 1.165) is 40.3 Å². The lowest BCUT2D eigenvalue weighted by molar-refractivity contribution is 0.183. The van der Waals surface area contributed by atoms with Gasteiger partial charge >= 0.3 is 0 Å². The van der Waals surface area contributed by atoms with E-state index in [9.17, 15) is 0 Å². The van der Waals surface area contributed by atoms with Crippen LogP contribution >= 0.6 is 11.6 Å². The summed E-state index contributed by atoms with van der Waals surface area (Å²) in [4.78, 5) is 11.9. The number of rotatable bonds is 8. The molecule has 0 amide bonds. The summed E-state index contributed by atoms with van der Waals surface area (Å²) in [7, 11) is 0. The number of piperidine rings is 1. The standard InChI is InChI=1S/C28H34ClN3O/c1-5-7-13-21(3)25(12-6-2)26-22(4)30-28(31-27(26)29)23-14-11-15-24(20-23)33-19-18-32-16-9-8-10-17-32/h5-7,11,13-15,20H,8-10,16-19H2,1-4H3/b7-5-,21-13+. The van der Waals surface area contributed by atoms with Crippen LogP contribution in [0.15, 0.2) is 59.9 Å². The molecule has 1 aromatic carbocycles. The first-order chi connectivity index (χ1) is 16.0. The quantitative estimate of drug-likeness (QED) is 0.239. The van der Waals surface area contributed by atoms with Gasteiger partial charge in [-0.1, -0.05) is 48.4 Å². The Kier molecular flexibility index (Phi) is 9.50. The van der Waals surface area contributed by atoms with Gasteiger partial charge in [0.15, 0.2) is 5.82 Å². The van der Waals surface area contributed by atoms with Crippen molar-refractivity contribution in [1.29, 1.82) is 0 Å². The summed E-state index contributed by atoms with van der Waals surface area (Å²) in [6.07, 6.45) is 11.8. The summed E-state index contributed by atoms with van der Waals surface area (Å²) in [6, 6.07) is 7.93. The van der Waals surface area contributed by atoms with Gasteiger partial charge in [0.1, 0.15) is 17.5 Å². The van der Waals surface area contributed by atoms with Crippen LogP contribution in [0.1, 0.15) is 51.3 Å². The van der Waals surface area contributed by atoms with E-state index in [-0.39, 0.29) is 0 Å². The molecule has 1 aromatic heterocycles. The second kappa shape index (κ2) is 12.6. The maximum absolute atomic E-state index is 6.69. The lowest BCUT2D eigenvalue weighted by Gasteiger charge is -2.26. The zero-order chi connectivity index (χ0) is 23.6. The maximum atomic E-state index is 6.69. The zero-order valence-corrected chi connectivity index (χ0v) is 21.0. The number of likely N-dealkylation sites (tertiary alicyclic amines) is 1. The Bertz CT molecular complexity index is 1050. The minimum atomic E-state index is 0.423. The number of aryl methyl sites for hydroxylation is 1. The number of ether oxygens (including phenoxy) is 1. The fraction of sp³-hybridized carbons (Fsp3) is 0.393. The van der Waals surface area contributed by atoms with E-state index in [1.54, 1.807) is 0 Å². The van der Waals surface area contributed by atoms with Crippen molar-refractivity contribution < 1.29 is 4.74 Å². The molecule has 0 aliphatic carbocycles. The van der Waals surface area contributed by atoms with E-state index in [1.807, 2.05) is 76.3 Å². The number of hydrogen-bond donors (Lipinski definition) is 0. The van der Waals surface area contributed by atoms with Crippen LogP contribution in [0.2, 0.25) is 5.15 Å². The van der Waals surface area contributed by atoms with Crippen LogP contribution in [-0.2, 0) is 0 Å². The average molecular weight is 464 g/mol. The van der Waals surface area contributed by atoms with Crippen LogP contribution in [0.5, 0.6) is 5.75 Å². The van der Waals surface area contributed by atoms with Crippen LogP contribution in [0.4, 0.5) is 0 Å². The predicted molar refractivity (Wildman–Crippen MR) is 139 cm³/mol. The summed E-state index contributed by atoms with van der Waals surface area (Å²) >= 11 is 6.69. The molecule has 0 bridgehead atoms. The van der Waals surface area contributed by atoms with Crippen LogP contribution in [-0.4, -0.2) is 41.1 Å². The van der Waals surface area contributed by atoms with E-state index >= 15 is 0 Å². The van der Waals surface area contributed by atoms with Crippen LogP contribution < -0.4 is 4.74 Å². The molecular weight excluding hydrogens is 430 g/mol. The van der Waals surface area contributed by atoms with Crippen molar-refractivity contribution in [3.8, 4) is 17.1 Å². The molecule has 3 rings (SSSR count). The van der Waals surface area contributed by atoms with Gasteiger partial charge in [-0.3, -0.25) is 4.90 Å².